The van der Waals surface area contributed by atoms with Gasteiger partial charge in [0.05, 0.1) is 23.1 Å². The molecule has 100 valence electrons. The standard InChI is InChI=1S/C14H16FN3O/c15-13-5-2-6-14-12(13)8-17-18(14)11-4-1-3-10(7-11)16-9-19/h2,5-6,8-11H,1,3-4,7H2,(H,16,19). The minimum atomic E-state index is -0.234. The minimum absolute atomic E-state index is 0.198. The number of rotatable bonds is 3. The Kier molecular flexibility index (Phi) is 3.19. The summed E-state index contributed by atoms with van der Waals surface area (Å²) >= 11 is 0. The Bertz CT molecular complexity index is 595. The van der Waals surface area contributed by atoms with E-state index in [1.165, 1.54) is 6.07 Å². The van der Waals surface area contributed by atoms with Gasteiger partial charge in [-0.3, -0.25) is 9.48 Å². The normalized spacial score (nSPS) is 23.4. The molecule has 1 N–H and O–H groups in total. The maximum atomic E-state index is 13.7. The van der Waals surface area contributed by atoms with Gasteiger partial charge in [-0.1, -0.05) is 6.07 Å². The molecule has 1 aliphatic rings. The summed E-state index contributed by atoms with van der Waals surface area (Å²) in [6.45, 7) is 0. The van der Waals surface area contributed by atoms with Crippen molar-refractivity contribution in [1.29, 1.82) is 0 Å². The van der Waals surface area contributed by atoms with Crippen LogP contribution in [0, 0.1) is 5.82 Å². The van der Waals surface area contributed by atoms with Gasteiger partial charge in [0.15, 0.2) is 0 Å². The zero-order valence-corrected chi connectivity index (χ0v) is 10.6. The molecule has 19 heavy (non-hydrogen) atoms. The van der Waals surface area contributed by atoms with Gasteiger partial charge in [0.1, 0.15) is 5.82 Å². The number of amides is 1. The molecule has 5 heteroatoms. The average Bonchev–Trinajstić information content (AvgIpc) is 2.85. The highest BCUT2D eigenvalue weighted by atomic mass is 19.1. The quantitative estimate of drug-likeness (QED) is 0.862. The maximum Gasteiger partial charge on any atom is 0.207 e. The van der Waals surface area contributed by atoms with Crippen LogP contribution in [-0.2, 0) is 4.79 Å². The number of carbonyl (C=O) groups excluding carboxylic acids is 1. The summed E-state index contributed by atoms with van der Waals surface area (Å²) in [7, 11) is 0. The van der Waals surface area contributed by atoms with E-state index in [2.05, 4.69) is 10.4 Å². The lowest BCUT2D eigenvalue weighted by Crippen LogP contribution is -2.34. The van der Waals surface area contributed by atoms with Crippen molar-refractivity contribution in [1.82, 2.24) is 15.1 Å². The summed E-state index contributed by atoms with van der Waals surface area (Å²) in [6.07, 6.45) is 6.27. The molecule has 0 bridgehead atoms. The first kappa shape index (κ1) is 12.1. The number of halogens is 1. The number of nitrogens with one attached hydrogen (secondary N) is 1. The van der Waals surface area contributed by atoms with E-state index >= 15 is 0 Å². The van der Waals surface area contributed by atoms with Crippen LogP contribution in [0.15, 0.2) is 24.4 Å². The molecular weight excluding hydrogens is 245 g/mol. The summed E-state index contributed by atoms with van der Waals surface area (Å²) in [6, 6.07) is 5.48. The van der Waals surface area contributed by atoms with E-state index in [4.69, 9.17) is 0 Å². The number of hydrogen-bond donors (Lipinski definition) is 1. The van der Waals surface area contributed by atoms with E-state index in [9.17, 15) is 9.18 Å². The fourth-order valence-electron chi connectivity index (χ4n) is 2.96. The van der Waals surface area contributed by atoms with Crippen LogP contribution in [0.5, 0.6) is 0 Å². The third-order valence-corrected chi connectivity index (χ3v) is 3.88. The molecule has 0 radical (unpaired) electrons. The average molecular weight is 261 g/mol. The summed E-state index contributed by atoms with van der Waals surface area (Å²) < 4.78 is 15.6. The lowest BCUT2D eigenvalue weighted by atomic mass is 9.91. The Balaban J connectivity index is 1.91. The van der Waals surface area contributed by atoms with Crippen LogP contribution in [0.3, 0.4) is 0 Å². The van der Waals surface area contributed by atoms with Crippen LogP contribution >= 0.6 is 0 Å². The second-order valence-corrected chi connectivity index (χ2v) is 5.06. The number of carbonyl (C=O) groups is 1. The van der Waals surface area contributed by atoms with E-state index in [0.29, 0.717) is 5.39 Å². The highest BCUT2D eigenvalue weighted by Crippen LogP contribution is 2.31. The van der Waals surface area contributed by atoms with Gasteiger partial charge >= 0.3 is 0 Å². The Morgan fingerprint density at radius 2 is 2.32 bits per heavy atom. The van der Waals surface area contributed by atoms with Gasteiger partial charge in [-0.2, -0.15) is 5.10 Å². The molecule has 4 nitrogen and oxygen atoms in total. The molecule has 2 atom stereocenters. The summed E-state index contributed by atoms with van der Waals surface area (Å²) in [4.78, 5) is 10.5. The van der Waals surface area contributed by atoms with Crippen molar-refractivity contribution in [2.24, 2.45) is 0 Å². The number of nitrogens with zero attached hydrogens (tertiary/aromatic N) is 2. The first-order valence-corrected chi connectivity index (χ1v) is 6.61. The molecule has 2 aromatic rings. The van der Waals surface area contributed by atoms with Crippen molar-refractivity contribution in [3.63, 3.8) is 0 Å². The Labute approximate surface area is 110 Å². The predicted octanol–water partition coefficient (Wildman–Crippen LogP) is 2.41. The van der Waals surface area contributed by atoms with Crippen LogP contribution in [0.2, 0.25) is 0 Å². The fourth-order valence-corrected chi connectivity index (χ4v) is 2.96. The molecule has 3 rings (SSSR count). The Morgan fingerprint density at radius 1 is 1.42 bits per heavy atom. The van der Waals surface area contributed by atoms with Gasteiger partial charge in [0.2, 0.25) is 6.41 Å². The van der Waals surface area contributed by atoms with Crippen molar-refractivity contribution in [3.05, 3.63) is 30.2 Å². The van der Waals surface area contributed by atoms with Gasteiger partial charge in [0, 0.05) is 6.04 Å². The molecule has 0 spiro atoms. The molecule has 2 unspecified atom stereocenters. The second-order valence-electron chi connectivity index (χ2n) is 5.06. The summed E-state index contributed by atoms with van der Waals surface area (Å²) in [5.41, 5.74) is 0.830. The largest absolute Gasteiger partial charge is 0.356 e. The molecule has 1 aromatic carbocycles. The summed E-state index contributed by atoms with van der Waals surface area (Å²) in [5, 5.41) is 7.74. The van der Waals surface area contributed by atoms with Gasteiger partial charge in [0.25, 0.3) is 0 Å². The van der Waals surface area contributed by atoms with E-state index in [0.717, 1.165) is 37.6 Å². The van der Waals surface area contributed by atoms with Crippen molar-refractivity contribution in [3.8, 4) is 0 Å². The highest BCUT2D eigenvalue weighted by Gasteiger charge is 2.24. The molecule has 1 fully saturated rings. The van der Waals surface area contributed by atoms with Crippen molar-refractivity contribution >= 4 is 17.3 Å². The summed E-state index contributed by atoms with van der Waals surface area (Å²) in [5.74, 6) is -0.234. The number of aromatic nitrogens is 2. The zero-order valence-electron chi connectivity index (χ0n) is 10.6. The Morgan fingerprint density at radius 3 is 3.16 bits per heavy atom. The SMILES string of the molecule is O=CNC1CCCC(n2ncc3c(F)cccc32)C1. The van der Waals surface area contributed by atoms with E-state index in [1.54, 1.807) is 12.3 Å². The van der Waals surface area contributed by atoms with Gasteiger partial charge in [-0.25, -0.2) is 4.39 Å². The highest BCUT2D eigenvalue weighted by molar-refractivity contribution is 5.79. The zero-order chi connectivity index (χ0) is 13.2. The van der Waals surface area contributed by atoms with Crippen LogP contribution in [0.1, 0.15) is 31.7 Å². The van der Waals surface area contributed by atoms with Gasteiger partial charge in [-0.15, -0.1) is 0 Å². The van der Waals surface area contributed by atoms with Gasteiger partial charge < -0.3 is 5.32 Å². The van der Waals surface area contributed by atoms with E-state index < -0.39 is 0 Å². The van der Waals surface area contributed by atoms with E-state index in [1.807, 2.05) is 10.7 Å². The third-order valence-electron chi connectivity index (χ3n) is 3.88. The van der Waals surface area contributed by atoms with E-state index in [-0.39, 0.29) is 17.9 Å². The van der Waals surface area contributed by atoms with Crippen LogP contribution in [0.25, 0.3) is 10.9 Å². The second kappa shape index (κ2) is 4.99. The van der Waals surface area contributed by atoms with Crippen LogP contribution < -0.4 is 5.32 Å². The fraction of sp³-hybridized carbons (Fsp3) is 0.429. The third kappa shape index (κ3) is 2.20. The smallest absolute Gasteiger partial charge is 0.207 e. The van der Waals surface area contributed by atoms with Gasteiger partial charge in [-0.05, 0) is 37.8 Å². The molecule has 1 aliphatic carbocycles. The lowest BCUT2D eigenvalue weighted by Gasteiger charge is -2.29. The Hall–Kier alpha value is -1.91. The maximum absolute atomic E-state index is 13.7. The molecule has 1 heterocycles. The first-order chi connectivity index (χ1) is 9.29. The molecule has 1 amide bonds. The number of benzene rings is 1. The van der Waals surface area contributed by atoms with Crippen molar-refractivity contribution in [2.75, 3.05) is 0 Å². The number of fused-ring (bicyclic) bond motifs is 1. The monoisotopic (exact) mass is 261 g/mol. The van der Waals surface area contributed by atoms with Crippen molar-refractivity contribution in [2.45, 2.75) is 37.8 Å². The molecule has 1 aromatic heterocycles. The van der Waals surface area contributed by atoms with Crippen LogP contribution in [-0.4, -0.2) is 22.2 Å². The van der Waals surface area contributed by atoms with Crippen LogP contribution in [0.4, 0.5) is 4.39 Å². The lowest BCUT2D eigenvalue weighted by molar-refractivity contribution is -0.110. The molecule has 0 aliphatic heterocycles. The van der Waals surface area contributed by atoms with Crippen molar-refractivity contribution < 1.29 is 9.18 Å². The predicted molar refractivity (Wildman–Crippen MR) is 70.2 cm³/mol. The molecule has 0 saturated heterocycles. The molecule has 1 saturated carbocycles. The number of hydrogen-bond acceptors (Lipinski definition) is 2. The topological polar surface area (TPSA) is 46.9 Å². The molecular formula is C14H16FN3O. The first-order valence-electron chi connectivity index (χ1n) is 6.61. The minimum Gasteiger partial charge on any atom is -0.356 e.